The van der Waals surface area contributed by atoms with Crippen LogP contribution in [-0.4, -0.2) is 39.8 Å². The Morgan fingerprint density at radius 3 is 2.30 bits per heavy atom. The van der Waals surface area contributed by atoms with E-state index in [9.17, 15) is 18.0 Å². The van der Waals surface area contributed by atoms with Gasteiger partial charge >= 0.3 is 0 Å². The molecule has 8 heteroatoms. The molecule has 1 aliphatic heterocycles. The van der Waals surface area contributed by atoms with Crippen molar-refractivity contribution in [2.24, 2.45) is 0 Å². The lowest BCUT2D eigenvalue weighted by Gasteiger charge is -2.17. The van der Waals surface area contributed by atoms with Gasteiger partial charge in [0.1, 0.15) is 5.75 Å². The largest absolute Gasteiger partial charge is 0.497 e. The smallest absolute Gasteiger partial charge is 0.240 e. The van der Waals surface area contributed by atoms with Crippen LogP contribution >= 0.6 is 0 Å². The van der Waals surface area contributed by atoms with Crippen molar-refractivity contribution in [2.45, 2.75) is 24.3 Å². The van der Waals surface area contributed by atoms with Gasteiger partial charge in [0, 0.05) is 30.3 Å². The van der Waals surface area contributed by atoms with Gasteiger partial charge < -0.3 is 9.64 Å². The average Bonchev–Trinajstić information content (AvgIpc) is 3.01. The molecule has 1 heterocycles. The Labute approximate surface area is 158 Å². The number of carbonyl (C=O) groups is 2. The molecule has 2 aromatic carbocycles. The van der Waals surface area contributed by atoms with E-state index in [-0.39, 0.29) is 29.6 Å². The highest BCUT2D eigenvalue weighted by Crippen LogP contribution is 2.25. The number of Topliss-reactive ketones (excluding diaryl/α,β-unsaturated/α-hetero) is 1. The summed E-state index contributed by atoms with van der Waals surface area (Å²) in [4.78, 5) is 25.2. The number of amides is 1. The van der Waals surface area contributed by atoms with E-state index in [0.717, 1.165) is 0 Å². The molecule has 27 heavy (non-hydrogen) atoms. The molecular formula is C19H20N2O5S. The molecule has 1 atom stereocenters. The van der Waals surface area contributed by atoms with Gasteiger partial charge in [-0.05, 0) is 43.3 Å². The van der Waals surface area contributed by atoms with Gasteiger partial charge in [0.15, 0.2) is 5.78 Å². The van der Waals surface area contributed by atoms with E-state index in [2.05, 4.69) is 4.72 Å². The third-order valence-corrected chi connectivity index (χ3v) is 5.94. The number of hydrogen-bond acceptors (Lipinski definition) is 5. The molecule has 0 radical (unpaired) electrons. The van der Waals surface area contributed by atoms with E-state index < -0.39 is 16.1 Å². The SMILES string of the molecule is COc1ccc(N2CC(NS(=O)(=O)c3ccc(C(C)=O)cc3)CC2=O)cc1. The molecule has 0 bridgehead atoms. The average molecular weight is 388 g/mol. The predicted molar refractivity (Wildman–Crippen MR) is 101 cm³/mol. The topological polar surface area (TPSA) is 92.8 Å². The molecule has 1 saturated heterocycles. The summed E-state index contributed by atoms with van der Waals surface area (Å²) in [6, 6.07) is 12.2. The highest BCUT2D eigenvalue weighted by Gasteiger charge is 2.33. The number of carbonyl (C=O) groups excluding carboxylic acids is 2. The monoisotopic (exact) mass is 388 g/mol. The molecule has 3 rings (SSSR count). The molecule has 0 aromatic heterocycles. The number of sulfonamides is 1. The molecule has 0 spiro atoms. The zero-order valence-electron chi connectivity index (χ0n) is 15.0. The van der Waals surface area contributed by atoms with Gasteiger partial charge in [-0.1, -0.05) is 12.1 Å². The fraction of sp³-hybridized carbons (Fsp3) is 0.263. The molecule has 2 aromatic rings. The standard InChI is InChI=1S/C19H20N2O5S/c1-13(22)14-3-9-18(10-4-14)27(24,25)20-15-11-19(23)21(12-15)16-5-7-17(26-2)8-6-16/h3-10,15,20H,11-12H2,1-2H3. The zero-order chi connectivity index (χ0) is 19.6. The third-order valence-electron chi connectivity index (χ3n) is 4.40. The minimum absolute atomic E-state index is 0.0582. The molecular weight excluding hydrogens is 368 g/mol. The van der Waals surface area contributed by atoms with Crippen molar-refractivity contribution < 1.29 is 22.7 Å². The van der Waals surface area contributed by atoms with Crippen LogP contribution in [0.25, 0.3) is 0 Å². The first kappa shape index (κ1) is 19.1. The van der Waals surface area contributed by atoms with E-state index in [1.165, 1.54) is 31.2 Å². The lowest BCUT2D eigenvalue weighted by atomic mass is 10.2. The summed E-state index contributed by atoms with van der Waals surface area (Å²) in [6.45, 7) is 1.66. The maximum atomic E-state index is 12.6. The molecule has 1 unspecified atom stereocenters. The molecule has 1 fully saturated rings. The number of ether oxygens (including phenoxy) is 1. The number of benzene rings is 2. The number of nitrogens with zero attached hydrogens (tertiary/aromatic N) is 1. The van der Waals surface area contributed by atoms with Crippen molar-refractivity contribution in [3.8, 4) is 5.75 Å². The summed E-state index contributed by atoms with van der Waals surface area (Å²) in [7, 11) is -2.23. The minimum atomic E-state index is -3.79. The van der Waals surface area contributed by atoms with Crippen LogP contribution in [0.4, 0.5) is 5.69 Å². The first-order valence-corrected chi connectivity index (χ1v) is 9.86. The molecule has 1 amide bonds. The Morgan fingerprint density at radius 1 is 1.11 bits per heavy atom. The third kappa shape index (κ3) is 4.17. The predicted octanol–water partition coefficient (Wildman–Crippen LogP) is 1.98. The van der Waals surface area contributed by atoms with E-state index in [4.69, 9.17) is 4.74 Å². The number of anilines is 1. The highest BCUT2D eigenvalue weighted by molar-refractivity contribution is 7.89. The highest BCUT2D eigenvalue weighted by atomic mass is 32.2. The summed E-state index contributed by atoms with van der Waals surface area (Å²) in [6.07, 6.45) is 0.0801. The Kier molecular flexibility index (Phi) is 5.29. The van der Waals surface area contributed by atoms with Crippen molar-refractivity contribution in [3.05, 3.63) is 54.1 Å². The first-order chi connectivity index (χ1) is 12.8. The Hall–Kier alpha value is -2.71. The number of ketones is 1. The quantitative estimate of drug-likeness (QED) is 0.764. The van der Waals surface area contributed by atoms with Crippen molar-refractivity contribution in [3.63, 3.8) is 0 Å². The van der Waals surface area contributed by atoms with Crippen molar-refractivity contribution in [2.75, 3.05) is 18.6 Å². The lowest BCUT2D eigenvalue weighted by Crippen LogP contribution is -2.37. The summed E-state index contributed by atoms with van der Waals surface area (Å²) in [5.41, 5.74) is 1.13. The van der Waals surface area contributed by atoms with Gasteiger partial charge in [0.05, 0.1) is 12.0 Å². The van der Waals surface area contributed by atoms with Crippen LogP contribution in [0.2, 0.25) is 0 Å². The van der Waals surface area contributed by atoms with Gasteiger partial charge in [-0.2, -0.15) is 0 Å². The van der Waals surface area contributed by atoms with E-state index in [0.29, 0.717) is 17.0 Å². The van der Waals surface area contributed by atoms with Gasteiger partial charge in [0.25, 0.3) is 0 Å². The fourth-order valence-corrected chi connectivity index (χ4v) is 4.18. The summed E-state index contributed by atoms with van der Waals surface area (Å²) in [5, 5.41) is 0. The normalized spacial score (nSPS) is 17.2. The number of nitrogens with one attached hydrogen (secondary N) is 1. The van der Waals surface area contributed by atoms with Crippen LogP contribution < -0.4 is 14.4 Å². The van der Waals surface area contributed by atoms with Gasteiger partial charge in [-0.15, -0.1) is 0 Å². The van der Waals surface area contributed by atoms with Crippen LogP contribution in [0.1, 0.15) is 23.7 Å². The molecule has 0 saturated carbocycles. The first-order valence-electron chi connectivity index (χ1n) is 8.38. The zero-order valence-corrected chi connectivity index (χ0v) is 15.8. The van der Waals surface area contributed by atoms with Crippen LogP contribution in [0.3, 0.4) is 0 Å². The van der Waals surface area contributed by atoms with Crippen LogP contribution in [-0.2, 0) is 14.8 Å². The Bertz CT molecular complexity index is 953. The van der Waals surface area contributed by atoms with Crippen LogP contribution in [0.15, 0.2) is 53.4 Å². The fourth-order valence-electron chi connectivity index (χ4n) is 2.95. The van der Waals surface area contributed by atoms with E-state index in [1.54, 1.807) is 36.3 Å². The maximum absolute atomic E-state index is 12.6. The molecule has 1 aliphatic rings. The second-order valence-electron chi connectivity index (χ2n) is 6.31. The molecule has 7 nitrogen and oxygen atoms in total. The van der Waals surface area contributed by atoms with Gasteiger partial charge in [-0.25, -0.2) is 13.1 Å². The Balaban J connectivity index is 1.72. The second-order valence-corrected chi connectivity index (χ2v) is 8.02. The summed E-state index contributed by atoms with van der Waals surface area (Å²) < 4.78 is 32.8. The molecule has 0 aliphatic carbocycles. The lowest BCUT2D eigenvalue weighted by molar-refractivity contribution is -0.117. The van der Waals surface area contributed by atoms with Gasteiger partial charge in [-0.3, -0.25) is 9.59 Å². The number of rotatable bonds is 6. The van der Waals surface area contributed by atoms with Crippen molar-refractivity contribution >= 4 is 27.4 Å². The van der Waals surface area contributed by atoms with E-state index in [1.807, 2.05) is 0 Å². The van der Waals surface area contributed by atoms with Crippen molar-refractivity contribution in [1.82, 2.24) is 4.72 Å². The van der Waals surface area contributed by atoms with Crippen molar-refractivity contribution in [1.29, 1.82) is 0 Å². The minimum Gasteiger partial charge on any atom is -0.497 e. The number of methoxy groups -OCH3 is 1. The molecule has 142 valence electrons. The maximum Gasteiger partial charge on any atom is 0.240 e. The number of hydrogen-bond donors (Lipinski definition) is 1. The molecule has 1 N–H and O–H groups in total. The summed E-state index contributed by atoms with van der Waals surface area (Å²) >= 11 is 0. The second kappa shape index (κ2) is 7.50. The van der Waals surface area contributed by atoms with E-state index >= 15 is 0 Å². The summed E-state index contributed by atoms with van der Waals surface area (Å²) in [5.74, 6) is 0.389. The Morgan fingerprint density at radius 2 is 1.74 bits per heavy atom. The van der Waals surface area contributed by atoms with Crippen LogP contribution in [0.5, 0.6) is 5.75 Å². The van der Waals surface area contributed by atoms with Gasteiger partial charge in [0.2, 0.25) is 15.9 Å². The van der Waals surface area contributed by atoms with Crippen LogP contribution in [0, 0.1) is 0 Å².